The van der Waals surface area contributed by atoms with Gasteiger partial charge in [0.2, 0.25) is 16.0 Å². The van der Waals surface area contributed by atoms with E-state index in [1.165, 1.54) is 18.9 Å². The van der Waals surface area contributed by atoms with Crippen LogP contribution in [0.5, 0.6) is 0 Å². The number of aliphatic hydroxyl groups excluding tert-OH is 1. The van der Waals surface area contributed by atoms with E-state index >= 15 is 0 Å². The van der Waals surface area contributed by atoms with Crippen LogP contribution in [0.4, 0.5) is 31.9 Å². The van der Waals surface area contributed by atoms with Gasteiger partial charge in [0.1, 0.15) is 11.6 Å². The van der Waals surface area contributed by atoms with Gasteiger partial charge >= 0.3 is 0 Å². The molecular formula is C27H34F2N8O4S. The van der Waals surface area contributed by atoms with Crippen molar-refractivity contribution in [3.63, 3.8) is 0 Å². The number of aromatic nitrogens is 4. The molecule has 0 radical (unpaired) electrons. The minimum atomic E-state index is -3.76. The Morgan fingerprint density at radius 1 is 1.00 bits per heavy atom. The van der Waals surface area contributed by atoms with E-state index in [1.807, 2.05) is 0 Å². The minimum absolute atomic E-state index is 0.0956. The quantitative estimate of drug-likeness (QED) is 0.353. The lowest BCUT2D eigenvalue weighted by Crippen LogP contribution is -2.40. The number of aliphatic hydroxyl groups is 1. The van der Waals surface area contributed by atoms with Gasteiger partial charge in [-0.2, -0.15) is 4.98 Å². The minimum Gasteiger partial charge on any atom is -0.395 e. The molecule has 12 nitrogen and oxygen atoms in total. The summed E-state index contributed by atoms with van der Waals surface area (Å²) < 4.78 is 56.5. The van der Waals surface area contributed by atoms with E-state index in [2.05, 4.69) is 30.1 Å². The number of aryl methyl sites for hydroxylation is 1. The molecule has 2 saturated heterocycles. The number of nitrogens with one attached hydrogen (secondary N) is 2. The molecule has 15 heteroatoms. The van der Waals surface area contributed by atoms with Crippen molar-refractivity contribution >= 4 is 44.7 Å². The van der Waals surface area contributed by atoms with Gasteiger partial charge in [-0.05, 0) is 56.2 Å². The Bertz CT molecular complexity index is 1610. The molecule has 1 saturated carbocycles. The molecule has 3 aliphatic rings. The van der Waals surface area contributed by atoms with Crippen molar-refractivity contribution in [2.24, 2.45) is 5.41 Å². The third-order valence-corrected chi connectivity index (χ3v) is 9.82. The molecule has 0 unspecified atom stereocenters. The lowest BCUT2D eigenvalue weighted by molar-refractivity contribution is -0.0223. The molecule has 1 amide bonds. The summed E-state index contributed by atoms with van der Waals surface area (Å²) in [5, 5.41) is 20.2. The third-order valence-electron chi connectivity index (χ3n) is 8.55. The van der Waals surface area contributed by atoms with E-state index in [1.54, 1.807) is 34.4 Å². The summed E-state index contributed by atoms with van der Waals surface area (Å²) in [6.07, 6.45) is 3.81. The third kappa shape index (κ3) is 5.84. The van der Waals surface area contributed by atoms with Crippen molar-refractivity contribution in [2.75, 3.05) is 58.4 Å². The molecular weight excluding hydrogens is 570 g/mol. The van der Waals surface area contributed by atoms with Crippen molar-refractivity contribution in [1.29, 1.82) is 0 Å². The SMILES string of the molecule is Cc1nnc2cc(NC(=O)c3ccc(NS(=O)(=O)CCO)cc3N3CCC4(CC3)CC4)nc(N3CCC(F)(F)CC3)n12. The lowest BCUT2D eigenvalue weighted by atomic mass is 9.93. The second-order valence-corrected chi connectivity index (χ2v) is 13.4. The summed E-state index contributed by atoms with van der Waals surface area (Å²) in [7, 11) is -3.76. The van der Waals surface area contributed by atoms with E-state index < -0.39 is 34.2 Å². The number of piperidine rings is 2. The standard InChI is InChI=1S/C27H34F2N8O4S/c1-18-32-33-23-17-22(31-25(37(18)23)36-12-8-27(28,29)9-13-36)30-24(39)20-3-2-19(34-42(40,41)15-14-38)16-21(20)35-10-6-26(4-5-26)7-11-35/h2-3,16-17,34,38H,4-15H2,1H3,(H,30,39). The van der Waals surface area contributed by atoms with Gasteiger partial charge in [-0.15, -0.1) is 10.2 Å². The molecule has 226 valence electrons. The number of sulfonamides is 1. The first kappa shape index (κ1) is 28.5. The Hall–Kier alpha value is -3.59. The van der Waals surface area contributed by atoms with Crippen LogP contribution < -0.4 is 19.8 Å². The molecule has 0 atom stereocenters. The van der Waals surface area contributed by atoms with Gasteiger partial charge < -0.3 is 20.2 Å². The van der Waals surface area contributed by atoms with Crippen molar-refractivity contribution in [3.8, 4) is 0 Å². The average molecular weight is 605 g/mol. The number of hydrogen-bond donors (Lipinski definition) is 3. The van der Waals surface area contributed by atoms with Crippen molar-refractivity contribution in [2.45, 2.75) is 51.4 Å². The zero-order chi connectivity index (χ0) is 29.7. The number of fused-ring (bicyclic) bond motifs is 1. The zero-order valence-electron chi connectivity index (χ0n) is 23.3. The largest absolute Gasteiger partial charge is 0.395 e. The summed E-state index contributed by atoms with van der Waals surface area (Å²) in [5.74, 6) is -2.51. The monoisotopic (exact) mass is 604 g/mol. The highest BCUT2D eigenvalue weighted by molar-refractivity contribution is 7.92. The van der Waals surface area contributed by atoms with Crippen molar-refractivity contribution < 1.29 is 27.1 Å². The lowest BCUT2D eigenvalue weighted by Gasteiger charge is -2.35. The first-order chi connectivity index (χ1) is 20.0. The number of anilines is 4. The van der Waals surface area contributed by atoms with Crippen LogP contribution in [-0.4, -0.2) is 83.5 Å². The fourth-order valence-electron chi connectivity index (χ4n) is 5.82. The van der Waals surface area contributed by atoms with Crippen LogP contribution in [0.25, 0.3) is 5.65 Å². The molecule has 3 N–H and O–H groups in total. The van der Waals surface area contributed by atoms with Crippen molar-refractivity contribution in [3.05, 3.63) is 35.7 Å². The van der Waals surface area contributed by atoms with E-state index in [0.29, 0.717) is 39.8 Å². The smallest absolute Gasteiger partial charge is 0.258 e. The number of halogens is 2. The van der Waals surface area contributed by atoms with E-state index in [9.17, 15) is 22.0 Å². The maximum atomic E-state index is 13.9. The number of rotatable bonds is 8. The molecule has 0 bridgehead atoms. The molecule has 42 heavy (non-hydrogen) atoms. The van der Waals surface area contributed by atoms with E-state index in [4.69, 9.17) is 5.11 Å². The zero-order valence-corrected chi connectivity index (χ0v) is 24.1. The summed E-state index contributed by atoms with van der Waals surface area (Å²) in [6, 6.07) is 6.30. The van der Waals surface area contributed by atoms with Crippen LogP contribution in [0.15, 0.2) is 24.3 Å². The first-order valence-corrected chi connectivity index (χ1v) is 15.8. The number of alkyl halides is 2. The van der Waals surface area contributed by atoms with Gasteiger partial charge in [0, 0.05) is 45.1 Å². The Labute approximate surface area is 242 Å². The molecule has 2 aliphatic heterocycles. The summed E-state index contributed by atoms with van der Waals surface area (Å²) in [5.41, 5.74) is 2.04. The number of carbonyl (C=O) groups excluding carboxylic acids is 1. The van der Waals surface area contributed by atoms with Gasteiger partial charge in [-0.3, -0.25) is 9.52 Å². The summed E-state index contributed by atoms with van der Waals surface area (Å²) >= 11 is 0. The fraction of sp³-hybridized carbons (Fsp3) is 0.556. The Morgan fingerprint density at radius 3 is 2.36 bits per heavy atom. The van der Waals surface area contributed by atoms with Gasteiger partial charge in [0.25, 0.3) is 11.8 Å². The second-order valence-electron chi connectivity index (χ2n) is 11.5. The summed E-state index contributed by atoms with van der Waals surface area (Å²) in [6.45, 7) is 2.90. The predicted molar refractivity (Wildman–Crippen MR) is 154 cm³/mol. The number of hydrogen-bond acceptors (Lipinski definition) is 9. The molecule has 1 aromatic carbocycles. The Kier molecular flexibility index (Phi) is 7.20. The van der Waals surface area contributed by atoms with Crippen molar-refractivity contribution in [1.82, 2.24) is 19.6 Å². The first-order valence-electron chi connectivity index (χ1n) is 14.1. The predicted octanol–water partition coefficient (Wildman–Crippen LogP) is 3.03. The number of benzene rings is 1. The van der Waals surface area contributed by atoms with Crippen LogP contribution in [0.1, 0.15) is 54.7 Å². The maximum Gasteiger partial charge on any atom is 0.258 e. The van der Waals surface area contributed by atoms with Gasteiger partial charge in [0.15, 0.2) is 5.65 Å². The highest BCUT2D eigenvalue weighted by Crippen LogP contribution is 2.54. The maximum absolute atomic E-state index is 13.9. The van der Waals surface area contributed by atoms with E-state index in [0.717, 1.165) is 25.9 Å². The summed E-state index contributed by atoms with van der Waals surface area (Å²) in [4.78, 5) is 22.2. The molecule has 3 fully saturated rings. The van der Waals surface area contributed by atoms with E-state index in [-0.39, 0.29) is 31.7 Å². The highest BCUT2D eigenvalue weighted by atomic mass is 32.2. The molecule has 1 aliphatic carbocycles. The fourth-order valence-corrected chi connectivity index (χ4v) is 6.65. The van der Waals surface area contributed by atoms with Crippen LogP contribution in [0.3, 0.4) is 0 Å². The second kappa shape index (κ2) is 10.6. The van der Waals surface area contributed by atoms with Crippen LogP contribution in [0.2, 0.25) is 0 Å². The molecule has 3 aromatic rings. The van der Waals surface area contributed by atoms with Crippen LogP contribution in [0, 0.1) is 12.3 Å². The number of carbonyl (C=O) groups is 1. The average Bonchev–Trinajstić information content (AvgIpc) is 3.59. The molecule has 4 heterocycles. The normalized spacial score (nSPS) is 19.7. The van der Waals surface area contributed by atoms with Gasteiger partial charge in [-0.1, -0.05) is 0 Å². The molecule has 6 rings (SSSR count). The topological polar surface area (TPSA) is 145 Å². The Balaban J connectivity index is 1.30. The Morgan fingerprint density at radius 2 is 1.69 bits per heavy atom. The highest BCUT2D eigenvalue weighted by Gasteiger charge is 2.44. The molecule has 2 aromatic heterocycles. The van der Waals surface area contributed by atoms with Gasteiger partial charge in [-0.25, -0.2) is 21.6 Å². The number of amides is 1. The molecule has 1 spiro atoms. The van der Waals surface area contributed by atoms with Crippen LogP contribution in [-0.2, 0) is 10.0 Å². The van der Waals surface area contributed by atoms with Crippen LogP contribution >= 0.6 is 0 Å². The number of nitrogens with zero attached hydrogens (tertiary/aromatic N) is 6. The van der Waals surface area contributed by atoms with Gasteiger partial charge in [0.05, 0.1) is 29.3 Å².